The van der Waals surface area contributed by atoms with Crippen molar-refractivity contribution < 1.29 is 9.90 Å². The van der Waals surface area contributed by atoms with Crippen LogP contribution in [0.4, 0.5) is 4.79 Å². The molecule has 11 heavy (non-hydrogen) atoms. The number of guanidine groups is 1. The van der Waals surface area contributed by atoms with E-state index in [2.05, 4.69) is 0 Å². The van der Waals surface area contributed by atoms with E-state index in [9.17, 15) is 4.79 Å². The van der Waals surface area contributed by atoms with E-state index < -0.39 is 6.09 Å². The van der Waals surface area contributed by atoms with Crippen molar-refractivity contribution in [2.45, 2.75) is 13.8 Å². The molecule has 0 saturated heterocycles. The Hall–Kier alpha value is -1.26. The number of carbonyl (C=O) groups is 1. The Labute approximate surface area is 65.5 Å². The molecule has 5 heteroatoms. The van der Waals surface area contributed by atoms with Crippen molar-refractivity contribution in [1.82, 2.24) is 10.2 Å². The van der Waals surface area contributed by atoms with Gasteiger partial charge in [0, 0.05) is 13.1 Å². The van der Waals surface area contributed by atoms with Crippen molar-refractivity contribution in [3.8, 4) is 0 Å². The summed E-state index contributed by atoms with van der Waals surface area (Å²) >= 11 is 0. The summed E-state index contributed by atoms with van der Waals surface area (Å²) < 4.78 is 0. The fourth-order valence-electron chi connectivity index (χ4n) is 0.720. The number of hydrogen-bond donors (Lipinski definition) is 3. The maximum Gasteiger partial charge on any atom is 0.411 e. The summed E-state index contributed by atoms with van der Waals surface area (Å²) in [4.78, 5) is 11.7. The molecule has 0 saturated carbocycles. The first-order chi connectivity index (χ1) is 5.11. The standard InChI is InChI=1S/C6H13N3O2/c1-3-9(4-2)5(7)8-6(10)11/h3-4H2,1-2H3,(H2,7,8)(H,10,11). The smallest absolute Gasteiger partial charge is 0.411 e. The molecular weight excluding hydrogens is 146 g/mol. The Kier molecular flexibility index (Phi) is 4.02. The molecule has 0 aromatic rings. The van der Waals surface area contributed by atoms with Gasteiger partial charge in [-0.15, -0.1) is 0 Å². The number of amides is 1. The Morgan fingerprint density at radius 2 is 2.00 bits per heavy atom. The van der Waals surface area contributed by atoms with Gasteiger partial charge < -0.3 is 10.0 Å². The van der Waals surface area contributed by atoms with Crippen LogP contribution in [0.3, 0.4) is 0 Å². The van der Waals surface area contributed by atoms with Crippen molar-refractivity contribution in [1.29, 1.82) is 5.41 Å². The SMILES string of the molecule is CCN(CC)C(=N)NC(=O)O. The minimum Gasteiger partial charge on any atom is -0.465 e. The zero-order valence-corrected chi connectivity index (χ0v) is 6.72. The predicted octanol–water partition coefficient (Wildman–Crippen LogP) is 0.531. The monoisotopic (exact) mass is 159 g/mol. The van der Waals surface area contributed by atoms with E-state index in [0.717, 1.165) is 0 Å². The first-order valence-electron chi connectivity index (χ1n) is 3.45. The van der Waals surface area contributed by atoms with Crippen LogP contribution in [0, 0.1) is 5.41 Å². The molecule has 0 aliphatic heterocycles. The molecule has 0 bridgehead atoms. The van der Waals surface area contributed by atoms with E-state index in [1.54, 1.807) is 4.90 Å². The average Bonchev–Trinajstić information content (AvgIpc) is 1.88. The van der Waals surface area contributed by atoms with E-state index in [4.69, 9.17) is 10.5 Å². The fraction of sp³-hybridized carbons (Fsp3) is 0.667. The lowest BCUT2D eigenvalue weighted by molar-refractivity contribution is 0.198. The summed E-state index contributed by atoms with van der Waals surface area (Å²) in [6.45, 7) is 4.99. The Bertz CT molecular complexity index is 154. The summed E-state index contributed by atoms with van der Waals surface area (Å²) in [5, 5.41) is 17.4. The third-order valence-corrected chi connectivity index (χ3v) is 1.31. The van der Waals surface area contributed by atoms with Gasteiger partial charge in [0.05, 0.1) is 0 Å². The van der Waals surface area contributed by atoms with Crippen LogP contribution >= 0.6 is 0 Å². The molecule has 0 aromatic heterocycles. The van der Waals surface area contributed by atoms with Gasteiger partial charge in [-0.25, -0.2) is 4.79 Å². The summed E-state index contributed by atoms with van der Waals surface area (Å²) in [7, 11) is 0. The molecule has 0 aliphatic rings. The van der Waals surface area contributed by atoms with E-state index in [1.165, 1.54) is 0 Å². The number of rotatable bonds is 2. The van der Waals surface area contributed by atoms with E-state index >= 15 is 0 Å². The summed E-state index contributed by atoms with van der Waals surface area (Å²) in [6.07, 6.45) is -1.19. The molecule has 64 valence electrons. The third kappa shape index (κ3) is 3.44. The molecule has 0 fully saturated rings. The van der Waals surface area contributed by atoms with Crippen molar-refractivity contribution in [2.24, 2.45) is 0 Å². The van der Waals surface area contributed by atoms with Crippen LogP contribution in [0.1, 0.15) is 13.8 Å². The topological polar surface area (TPSA) is 76.4 Å². The lowest BCUT2D eigenvalue weighted by atomic mass is 10.5. The van der Waals surface area contributed by atoms with Gasteiger partial charge in [0.2, 0.25) is 5.96 Å². The highest BCUT2D eigenvalue weighted by Gasteiger charge is 2.06. The van der Waals surface area contributed by atoms with Crippen molar-refractivity contribution in [3.63, 3.8) is 0 Å². The summed E-state index contributed by atoms with van der Waals surface area (Å²) in [5.74, 6) is -0.0671. The molecular formula is C6H13N3O2. The fourth-order valence-corrected chi connectivity index (χ4v) is 0.720. The lowest BCUT2D eigenvalue weighted by Crippen LogP contribution is -2.42. The van der Waals surface area contributed by atoms with Crippen LogP contribution in [-0.2, 0) is 0 Å². The minimum atomic E-state index is -1.19. The zero-order chi connectivity index (χ0) is 8.85. The number of nitrogens with zero attached hydrogens (tertiary/aromatic N) is 1. The summed E-state index contributed by atoms with van der Waals surface area (Å²) in [5.41, 5.74) is 0. The molecule has 3 N–H and O–H groups in total. The second-order valence-corrected chi connectivity index (χ2v) is 1.95. The zero-order valence-electron chi connectivity index (χ0n) is 6.72. The minimum absolute atomic E-state index is 0.0671. The van der Waals surface area contributed by atoms with Gasteiger partial charge in [-0.2, -0.15) is 0 Å². The van der Waals surface area contributed by atoms with Crippen LogP contribution in [0.5, 0.6) is 0 Å². The van der Waals surface area contributed by atoms with Crippen molar-refractivity contribution in [3.05, 3.63) is 0 Å². The first kappa shape index (κ1) is 9.74. The Balaban J connectivity index is 3.89. The molecule has 1 amide bonds. The molecule has 0 aromatic carbocycles. The molecule has 0 radical (unpaired) electrons. The Morgan fingerprint density at radius 3 is 2.27 bits per heavy atom. The maximum atomic E-state index is 10.1. The molecule has 0 rings (SSSR count). The van der Waals surface area contributed by atoms with Gasteiger partial charge in [0.15, 0.2) is 0 Å². The molecule has 0 unspecified atom stereocenters. The van der Waals surface area contributed by atoms with Gasteiger partial charge >= 0.3 is 6.09 Å². The highest BCUT2D eigenvalue weighted by atomic mass is 16.4. The highest BCUT2D eigenvalue weighted by Crippen LogP contribution is 1.85. The van der Waals surface area contributed by atoms with Crippen LogP contribution in [-0.4, -0.2) is 35.1 Å². The molecule has 0 spiro atoms. The molecule has 0 heterocycles. The second kappa shape index (κ2) is 4.54. The van der Waals surface area contributed by atoms with Gasteiger partial charge in [0.1, 0.15) is 0 Å². The van der Waals surface area contributed by atoms with Crippen molar-refractivity contribution >= 4 is 12.1 Å². The van der Waals surface area contributed by atoms with E-state index in [-0.39, 0.29) is 5.96 Å². The van der Waals surface area contributed by atoms with Gasteiger partial charge in [-0.05, 0) is 13.8 Å². The predicted molar refractivity (Wildman–Crippen MR) is 41.8 cm³/mol. The summed E-state index contributed by atoms with van der Waals surface area (Å²) in [6, 6.07) is 0. The normalized spacial score (nSPS) is 8.91. The van der Waals surface area contributed by atoms with Crippen LogP contribution in [0.2, 0.25) is 0 Å². The van der Waals surface area contributed by atoms with Crippen molar-refractivity contribution in [2.75, 3.05) is 13.1 Å². The van der Waals surface area contributed by atoms with Gasteiger partial charge in [0.25, 0.3) is 0 Å². The third-order valence-electron chi connectivity index (χ3n) is 1.31. The lowest BCUT2D eigenvalue weighted by Gasteiger charge is -2.20. The molecule has 5 nitrogen and oxygen atoms in total. The molecule has 0 atom stereocenters. The number of nitrogens with one attached hydrogen (secondary N) is 2. The van der Waals surface area contributed by atoms with Crippen LogP contribution < -0.4 is 5.32 Å². The van der Waals surface area contributed by atoms with E-state index in [1.807, 2.05) is 19.2 Å². The number of carboxylic acid groups (broad SMARTS) is 1. The van der Waals surface area contributed by atoms with Gasteiger partial charge in [-0.3, -0.25) is 10.7 Å². The van der Waals surface area contributed by atoms with Gasteiger partial charge in [-0.1, -0.05) is 0 Å². The average molecular weight is 159 g/mol. The maximum absolute atomic E-state index is 10.1. The van der Waals surface area contributed by atoms with E-state index in [0.29, 0.717) is 13.1 Å². The van der Waals surface area contributed by atoms with Crippen LogP contribution in [0.15, 0.2) is 0 Å². The number of hydrogen-bond acceptors (Lipinski definition) is 2. The Morgan fingerprint density at radius 1 is 1.55 bits per heavy atom. The first-order valence-corrected chi connectivity index (χ1v) is 3.45. The second-order valence-electron chi connectivity index (χ2n) is 1.95. The highest BCUT2D eigenvalue weighted by molar-refractivity contribution is 5.91. The largest absolute Gasteiger partial charge is 0.465 e. The van der Waals surface area contributed by atoms with Crippen LogP contribution in [0.25, 0.3) is 0 Å². The quantitative estimate of drug-likeness (QED) is 0.406. The molecule has 0 aliphatic carbocycles.